The van der Waals surface area contributed by atoms with Crippen molar-refractivity contribution in [1.29, 1.82) is 5.26 Å². The number of alkyl halides is 1. The summed E-state index contributed by atoms with van der Waals surface area (Å²) in [5, 5.41) is 9.91. The van der Waals surface area contributed by atoms with Crippen LogP contribution in [0.25, 0.3) is 0 Å². The Morgan fingerprint density at radius 2 is 1.88 bits per heavy atom. The van der Waals surface area contributed by atoms with E-state index in [2.05, 4.69) is 55.7 Å². The monoisotopic (exact) mass is 591 g/mol. The molecule has 2 fully saturated rings. The molecule has 2 saturated heterocycles. The predicted molar refractivity (Wildman–Crippen MR) is 181 cm³/mol. The lowest BCUT2D eigenvalue weighted by Gasteiger charge is -2.33. The number of pyridine rings is 1. The van der Waals surface area contributed by atoms with Gasteiger partial charge < -0.3 is 10.6 Å². The number of anilines is 2. The van der Waals surface area contributed by atoms with Gasteiger partial charge in [-0.25, -0.2) is 4.39 Å². The van der Waals surface area contributed by atoms with E-state index in [-0.39, 0.29) is 0 Å². The summed E-state index contributed by atoms with van der Waals surface area (Å²) in [6, 6.07) is 9.42. The van der Waals surface area contributed by atoms with Crippen molar-refractivity contribution < 1.29 is 4.39 Å². The Balaban J connectivity index is 0.000000384. The molecule has 0 bridgehead atoms. The van der Waals surface area contributed by atoms with Gasteiger partial charge in [0.25, 0.3) is 0 Å². The van der Waals surface area contributed by atoms with Crippen molar-refractivity contribution >= 4 is 11.4 Å². The Bertz CT molecular complexity index is 1180. The summed E-state index contributed by atoms with van der Waals surface area (Å²) in [4.78, 5) is 9.98. The van der Waals surface area contributed by atoms with Crippen LogP contribution in [0.3, 0.4) is 0 Å². The first-order valence-electron chi connectivity index (χ1n) is 17.4. The summed E-state index contributed by atoms with van der Waals surface area (Å²) >= 11 is 0. The molecule has 5 rings (SSSR count). The second-order valence-corrected chi connectivity index (χ2v) is 12.3. The average molecular weight is 592 g/mol. The van der Waals surface area contributed by atoms with Crippen molar-refractivity contribution in [3.63, 3.8) is 0 Å². The Labute approximate surface area is 262 Å². The summed E-state index contributed by atoms with van der Waals surface area (Å²) in [5.41, 5.74) is 15.3. The van der Waals surface area contributed by atoms with E-state index in [1.54, 1.807) is 0 Å². The second-order valence-electron chi connectivity index (χ2n) is 12.3. The topological polar surface area (TPSA) is 69.2 Å². The standard InChI is InChI=1S/C28H40N4.C7H12FN.C2H6/c1-5-9-16-32(15-7-3)27-18-22(8-4)31-26-17-21(11-13-23(26)27)28-20(10-6-2)12-14-25(30)24(28)19-29;8-6-4-7-2-1-3-9(7)5-6;1-2/h12,14,18,21H,5-11,13,15-17,30H2,1-4H3;6-7H,1-5H2;1-2H3. The number of fused-ring (bicyclic) bond motifs is 2. The highest BCUT2D eigenvalue weighted by molar-refractivity contribution is 5.63. The lowest BCUT2D eigenvalue weighted by molar-refractivity contribution is 0.292. The fourth-order valence-corrected chi connectivity index (χ4v) is 7.23. The van der Waals surface area contributed by atoms with Gasteiger partial charge in [-0.15, -0.1) is 0 Å². The van der Waals surface area contributed by atoms with Gasteiger partial charge in [-0.3, -0.25) is 9.88 Å². The largest absolute Gasteiger partial charge is 0.398 e. The van der Waals surface area contributed by atoms with Gasteiger partial charge in [0, 0.05) is 48.4 Å². The number of unbranched alkanes of at least 4 members (excludes halogenated alkanes) is 1. The van der Waals surface area contributed by atoms with Crippen LogP contribution in [-0.4, -0.2) is 48.3 Å². The maximum Gasteiger partial charge on any atom is 0.114 e. The van der Waals surface area contributed by atoms with Gasteiger partial charge in [0.1, 0.15) is 12.2 Å². The first-order chi connectivity index (χ1) is 20.9. The Morgan fingerprint density at radius 1 is 1.09 bits per heavy atom. The van der Waals surface area contributed by atoms with Crippen LogP contribution in [0, 0.1) is 11.3 Å². The van der Waals surface area contributed by atoms with E-state index < -0.39 is 6.17 Å². The third-order valence-corrected chi connectivity index (χ3v) is 9.27. The molecule has 1 aromatic carbocycles. The fraction of sp³-hybridized carbons (Fsp3) is 0.676. The third kappa shape index (κ3) is 8.72. The Morgan fingerprint density at radius 3 is 2.53 bits per heavy atom. The average Bonchev–Trinajstić information content (AvgIpc) is 3.61. The summed E-state index contributed by atoms with van der Waals surface area (Å²) in [6.07, 6.45) is 12.4. The van der Waals surface area contributed by atoms with Crippen LogP contribution in [0.4, 0.5) is 15.8 Å². The number of nitrogen functional groups attached to an aromatic ring is 1. The number of aryl methyl sites for hydroxylation is 2. The van der Waals surface area contributed by atoms with Crippen LogP contribution < -0.4 is 10.6 Å². The molecular weight excluding hydrogens is 533 g/mol. The molecule has 238 valence electrons. The second kappa shape index (κ2) is 17.6. The maximum absolute atomic E-state index is 12.6. The summed E-state index contributed by atoms with van der Waals surface area (Å²) in [6.45, 7) is 17.0. The minimum absolute atomic E-state index is 0.310. The van der Waals surface area contributed by atoms with Gasteiger partial charge >= 0.3 is 0 Å². The summed E-state index contributed by atoms with van der Waals surface area (Å²) in [7, 11) is 0. The first kappa shape index (κ1) is 34.8. The van der Waals surface area contributed by atoms with Crippen molar-refractivity contribution in [1.82, 2.24) is 9.88 Å². The quantitative estimate of drug-likeness (QED) is 0.280. The number of rotatable bonds is 10. The zero-order valence-corrected chi connectivity index (χ0v) is 28.0. The number of aromatic nitrogens is 1. The molecule has 1 aliphatic carbocycles. The van der Waals surface area contributed by atoms with E-state index in [1.807, 2.05) is 19.9 Å². The number of hydrogen-bond donors (Lipinski definition) is 1. The SMILES string of the molecule is CC.CCCCN(CCC)c1cc(CC)nc2c1CCC(c1c(CCC)ccc(N)c1C#N)C2.FC1CC2CCCN2C1. The normalized spacial score (nSPS) is 20.7. The Kier molecular flexibility index (Phi) is 14.3. The van der Waals surface area contributed by atoms with Gasteiger partial charge in [0.2, 0.25) is 0 Å². The van der Waals surface area contributed by atoms with E-state index in [0.29, 0.717) is 29.8 Å². The van der Waals surface area contributed by atoms with Crippen LogP contribution in [0.5, 0.6) is 0 Å². The highest BCUT2D eigenvalue weighted by atomic mass is 19.1. The lowest BCUT2D eigenvalue weighted by Crippen LogP contribution is -2.29. The van der Waals surface area contributed by atoms with E-state index in [9.17, 15) is 9.65 Å². The van der Waals surface area contributed by atoms with Gasteiger partial charge in [-0.2, -0.15) is 5.26 Å². The predicted octanol–water partition coefficient (Wildman–Crippen LogP) is 8.56. The van der Waals surface area contributed by atoms with Crippen LogP contribution in [0.2, 0.25) is 0 Å². The molecule has 0 saturated carbocycles. The number of benzene rings is 1. The zero-order valence-electron chi connectivity index (χ0n) is 28.0. The molecule has 43 heavy (non-hydrogen) atoms. The Hall–Kier alpha value is -2.65. The van der Waals surface area contributed by atoms with Gasteiger partial charge in [-0.1, -0.05) is 60.5 Å². The van der Waals surface area contributed by atoms with Gasteiger partial charge in [0.05, 0.1) is 5.56 Å². The molecule has 0 radical (unpaired) electrons. The van der Waals surface area contributed by atoms with E-state index >= 15 is 0 Å². The molecule has 0 spiro atoms. The number of nitrogens with zero attached hydrogens (tertiary/aromatic N) is 4. The molecule has 0 amide bonds. The van der Waals surface area contributed by atoms with Crippen molar-refractivity contribution in [2.75, 3.05) is 36.8 Å². The first-order valence-corrected chi connectivity index (χ1v) is 17.4. The minimum Gasteiger partial charge on any atom is -0.398 e. The molecule has 2 aromatic rings. The van der Waals surface area contributed by atoms with Crippen molar-refractivity contribution in [2.45, 2.75) is 137 Å². The van der Waals surface area contributed by atoms with Crippen LogP contribution in [0.15, 0.2) is 18.2 Å². The van der Waals surface area contributed by atoms with Crippen LogP contribution >= 0.6 is 0 Å². The smallest absolute Gasteiger partial charge is 0.114 e. The highest BCUT2D eigenvalue weighted by Gasteiger charge is 2.34. The maximum atomic E-state index is 12.6. The summed E-state index contributed by atoms with van der Waals surface area (Å²) in [5.74, 6) is 0.310. The molecule has 3 heterocycles. The minimum atomic E-state index is -0.518. The molecule has 5 nitrogen and oxygen atoms in total. The van der Waals surface area contributed by atoms with E-state index in [4.69, 9.17) is 10.7 Å². The molecule has 6 heteroatoms. The molecule has 2 aliphatic heterocycles. The zero-order chi connectivity index (χ0) is 31.4. The van der Waals surface area contributed by atoms with Crippen molar-refractivity contribution in [2.24, 2.45) is 0 Å². The number of nitrogens with two attached hydrogens (primary N) is 1. The number of halogens is 1. The summed E-state index contributed by atoms with van der Waals surface area (Å²) < 4.78 is 12.6. The fourth-order valence-electron chi connectivity index (χ4n) is 7.23. The molecule has 1 aromatic heterocycles. The highest BCUT2D eigenvalue weighted by Crippen LogP contribution is 2.40. The lowest BCUT2D eigenvalue weighted by atomic mass is 9.77. The number of hydrogen-bond acceptors (Lipinski definition) is 5. The molecule has 3 unspecified atom stereocenters. The van der Waals surface area contributed by atoms with Gasteiger partial charge in [-0.05, 0) is 105 Å². The third-order valence-electron chi connectivity index (χ3n) is 9.27. The molecular formula is C37H58FN5. The van der Waals surface area contributed by atoms with E-state index in [1.165, 1.54) is 59.4 Å². The molecule has 3 aliphatic rings. The van der Waals surface area contributed by atoms with Crippen molar-refractivity contribution in [3.05, 3.63) is 51.8 Å². The van der Waals surface area contributed by atoms with Crippen LogP contribution in [-0.2, 0) is 25.7 Å². The van der Waals surface area contributed by atoms with E-state index in [0.717, 1.165) is 71.0 Å². The molecule has 2 N–H and O–H groups in total. The van der Waals surface area contributed by atoms with Gasteiger partial charge in [0.15, 0.2) is 0 Å². The number of nitriles is 1. The van der Waals surface area contributed by atoms with Crippen LogP contribution in [0.1, 0.15) is 132 Å². The van der Waals surface area contributed by atoms with Crippen molar-refractivity contribution in [3.8, 4) is 6.07 Å². The molecule has 3 atom stereocenters.